The quantitative estimate of drug-likeness (QED) is 0.806. The van der Waals surface area contributed by atoms with E-state index >= 15 is 0 Å². The van der Waals surface area contributed by atoms with Crippen molar-refractivity contribution in [1.29, 1.82) is 0 Å². The Morgan fingerprint density at radius 2 is 2.18 bits per heavy atom. The van der Waals surface area contributed by atoms with Crippen LogP contribution in [0.1, 0.15) is 19.0 Å². The lowest BCUT2D eigenvalue weighted by Crippen LogP contribution is -2.26. The van der Waals surface area contributed by atoms with Crippen molar-refractivity contribution >= 4 is 23.3 Å². The average Bonchev–Trinajstić information content (AvgIpc) is 3.15. The summed E-state index contributed by atoms with van der Waals surface area (Å²) in [5.41, 5.74) is 1.63. The number of rotatable bonds is 3. The highest BCUT2D eigenvalue weighted by Crippen LogP contribution is 2.24. The Bertz CT molecular complexity index is 693. The predicted octanol–water partition coefficient (Wildman–Crippen LogP) is 3.83. The number of halogens is 1. The summed E-state index contributed by atoms with van der Waals surface area (Å²) in [5.74, 6) is 0.369. The topological polar surface area (TPSA) is 33.2 Å². The van der Waals surface area contributed by atoms with Crippen LogP contribution in [0.3, 0.4) is 0 Å². The molecule has 0 bridgehead atoms. The highest BCUT2D eigenvalue weighted by Gasteiger charge is 2.21. The number of likely N-dealkylation sites (tertiary alicyclic amines) is 1. The van der Waals surface area contributed by atoms with E-state index in [0.29, 0.717) is 5.92 Å². The standard InChI is InChI=1S/C17H17FN2OS/c1-12-8-9-20(10-12)16(21)7-6-15-11-22-17(19-15)13-2-4-14(18)5-3-13/h2-7,11-12H,8-10H2,1H3/b7-6+/t12-/m1/s1. The molecule has 1 aliphatic rings. The second-order valence-electron chi connectivity index (χ2n) is 5.60. The molecule has 1 aromatic carbocycles. The molecule has 0 N–H and O–H groups in total. The Balaban J connectivity index is 1.67. The van der Waals surface area contributed by atoms with E-state index in [1.165, 1.54) is 23.5 Å². The summed E-state index contributed by atoms with van der Waals surface area (Å²) in [4.78, 5) is 18.4. The monoisotopic (exact) mass is 316 g/mol. The highest BCUT2D eigenvalue weighted by molar-refractivity contribution is 7.13. The number of carbonyl (C=O) groups is 1. The second kappa shape index (κ2) is 6.40. The molecule has 1 fully saturated rings. The minimum absolute atomic E-state index is 0.0423. The first kappa shape index (κ1) is 14.9. The number of amides is 1. The van der Waals surface area contributed by atoms with Crippen LogP contribution < -0.4 is 0 Å². The molecule has 114 valence electrons. The number of thiazole rings is 1. The van der Waals surface area contributed by atoms with Gasteiger partial charge in [-0.05, 0) is 42.7 Å². The number of hydrogen-bond donors (Lipinski definition) is 0. The molecule has 0 aliphatic carbocycles. The molecule has 1 saturated heterocycles. The Kier molecular flexibility index (Phi) is 4.34. The van der Waals surface area contributed by atoms with Gasteiger partial charge in [0.05, 0.1) is 5.69 Å². The van der Waals surface area contributed by atoms with Gasteiger partial charge in [0.15, 0.2) is 0 Å². The average molecular weight is 316 g/mol. The third kappa shape index (κ3) is 3.42. The van der Waals surface area contributed by atoms with E-state index in [2.05, 4.69) is 11.9 Å². The number of hydrogen-bond acceptors (Lipinski definition) is 3. The van der Waals surface area contributed by atoms with Crippen molar-refractivity contribution in [3.63, 3.8) is 0 Å². The van der Waals surface area contributed by atoms with Gasteiger partial charge in [-0.3, -0.25) is 4.79 Å². The maximum absolute atomic E-state index is 12.9. The van der Waals surface area contributed by atoms with E-state index < -0.39 is 0 Å². The van der Waals surface area contributed by atoms with E-state index in [0.717, 1.165) is 35.8 Å². The van der Waals surface area contributed by atoms with Crippen LogP contribution in [0.2, 0.25) is 0 Å². The Labute approximate surface area is 133 Å². The first-order valence-electron chi connectivity index (χ1n) is 7.30. The highest BCUT2D eigenvalue weighted by atomic mass is 32.1. The zero-order valence-electron chi connectivity index (χ0n) is 12.3. The summed E-state index contributed by atoms with van der Waals surface area (Å²) in [6, 6.07) is 6.26. The summed E-state index contributed by atoms with van der Waals surface area (Å²) in [6.45, 7) is 3.83. The van der Waals surface area contributed by atoms with Crippen molar-refractivity contribution in [3.05, 3.63) is 47.2 Å². The lowest BCUT2D eigenvalue weighted by atomic mass is 10.2. The van der Waals surface area contributed by atoms with Gasteiger partial charge in [-0.2, -0.15) is 0 Å². The largest absolute Gasteiger partial charge is 0.339 e. The van der Waals surface area contributed by atoms with Crippen molar-refractivity contribution in [2.75, 3.05) is 13.1 Å². The molecule has 2 heterocycles. The zero-order valence-corrected chi connectivity index (χ0v) is 13.1. The molecule has 0 saturated carbocycles. The summed E-state index contributed by atoms with van der Waals surface area (Å²) in [5, 5.41) is 2.72. The fraction of sp³-hybridized carbons (Fsp3) is 0.294. The normalized spacial score (nSPS) is 18.3. The van der Waals surface area contributed by atoms with Gasteiger partial charge >= 0.3 is 0 Å². The number of aromatic nitrogens is 1. The summed E-state index contributed by atoms with van der Waals surface area (Å²) < 4.78 is 12.9. The molecule has 1 aromatic heterocycles. The Hall–Kier alpha value is -2.01. The molecule has 0 radical (unpaired) electrons. The predicted molar refractivity (Wildman–Crippen MR) is 86.9 cm³/mol. The van der Waals surface area contributed by atoms with E-state index in [-0.39, 0.29) is 11.7 Å². The van der Waals surface area contributed by atoms with Crippen molar-refractivity contribution < 1.29 is 9.18 Å². The maximum Gasteiger partial charge on any atom is 0.246 e. The minimum atomic E-state index is -0.258. The lowest BCUT2D eigenvalue weighted by Gasteiger charge is -2.12. The van der Waals surface area contributed by atoms with Gasteiger partial charge in [0.2, 0.25) is 5.91 Å². The van der Waals surface area contributed by atoms with Gasteiger partial charge in [0.1, 0.15) is 10.8 Å². The number of benzene rings is 1. The van der Waals surface area contributed by atoms with Gasteiger partial charge in [-0.15, -0.1) is 11.3 Å². The van der Waals surface area contributed by atoms with E-state index in [4.69, 9.17) is 0 Å². The molecular weight excluding hydrogens is 299 g/mol. The van der Waals surface area contributed by atoms with Crippen LogP contribution in [0, 0.1) is 11.7 Å². The van der Waals surface area contributed by atoms with Crippen molar-refractivity contribution in [1.82, 2.24) is 9.88 Å². The molecule has 5 heteroatoms. The molecule has 22 heavy (non-hydrogen) atoms. The van der Waals surface area contributed by atoms with Gasteiger partial charge in [0.25, 0.3) is 0 Å². The lowest BCUT2D eigenvalue weighted by molar-refractivity contribution is -0.125. The van der Waals surface area contributed by atoms with Crippen LogP contribution in [0.25, 0.3) is 16.6 Å². The molecule has 3 nitrogen and oxygen atoms in total. The summed E-state index contributed by atoms with van der Waals surface area (Å²) >= 11 is 1.48. The first-order chi connectivity index (χ1) is 10.6. The van der Waals surface area contributed by atoms with Crippen LogP contribution >= 0.6 is 11.3 Å². The van der Waals surface area contributed by atoms with Crippen molar-refractivity contribution in [3.8, 4) is 10.6 Å². The Morgan fingerprint density at radius 3 is 2.86 bits per heavy atom. The molecular formula is C17H17FN2OS. The smallest absolute Gasteiger partial charge is 0.246 e. The summed E-state index contributed by atoms with van der Waals surface area (Å²) in [7, 11) is 0. The molecule has 0 spiro atoms. The van der Waals surface area contributed by atoms with Gasteiger partial charge in [0, 0.05) is 30.1 Å². The van der Waals surface area contributed by atoms with E-state index in [9.17, 15) is 9.18 Å². The van der Waals surface area contributed by atoms with Gasteiger partial charge < -0.3 is 4.90 Å². The van der Waals surface area contributed by atoms with Crippen LogP contribution in [0.4, 0.5) is 4.39 Å². The fourth-order valence-electron chi connectivity index (χ4n) is 2.49. The van der Waals surface area contributed by atoms with Crippen molar-refractivity contribution in [2.45, 2.75) is 13.3 Å². The Morgan fingerprint density at radius 1 is 1.41 bits per heavy atom. The molecule has 1 aliphatic heterocycles. The number of nitrogens with zero attached hydrogens (tertiary/aromatic N) is 2. The first-order valence-corrected chi connectivity index (χ1v) is 8.18. The van der Waals surface area contributed by atoms with E-state index in [1.54, 1.807) is 24.3 Å². The third-order valence-electron chi connectivity index (χ3n) is 3.75. The SMILES string of the molecule is C[C@@H]1CCN(C(=O)/C=C/c2csc(-c3ccc(F)cc3)n2)C1. The van der Waals surface area contributed by atoms with Crippen LogP contribution in [-0.4, -0.2) is 28.9 Å². The summed E-state index contributed by atoms with van der Waals surface area (Å²) in [6.07, 6.45) is 4.40. The molecule has 1 amide bonds. The minimum Gasteiger partial charge on any atom is -0.339 e. The van der Waals surface area contributed by atoms with Crippen LogP contribution in [0.5, 0.6) is 0 Å². The van der Waals surface area contributed by atoms with Gasteiger partial charge in [-0.1, -0.05) is 6.92 Å². The zero-order chi connectivity index (χ0) is 15.5. The van der Waals surface area contributed by atoms with Crippen molar-refractivity contribution in [2.24, 2.45) is 5.92 Å². The third-order valence-corrected chi connectivity index (χ3v) is 4.65. The van der Waals surface area contributed by atoms with Crippen LogP contribution in [-0.2, 0) is 4.79 Å². The molecule has 1 atom stereocenters. The maximum atomic E-state index is 12.9. The number of carbonyl (C=O) groups excluding carboxylic acids is 1. The van der Waals surface area contributed by atoms with Crippen LogP contribution in [0.15, 0.2) is 35.7 Å². The second-order valence-corrected chi connectivity index (χ2v) is 6.45. The molecule has 0 unspecified atom stereocenters. The molecule has 2 aromatic rings. The molecule has 3 rings (SSSR count). The van der Waals surface area contributed by atoms with E-state index in [1.807, 2.05) is 10.3 Å². The van der Waals surface area contributed by atoms with Gasteiger partial charge in [-0.25, -0.2) is 9.37 Å². The fourth-order valence-corrected chi connectivity index (χ4v) is 3.28.